The number of aromatic amines is 1. The van der Waals surface area contributed by atoms with Crippen LogP contribution < -0.4 is 10.9 Å². The van der Waals surface area contributed by atoms with E-state index in [1.54, 1.807) is 49.7 Å². The number of aromatic nitrogens is 3. The molecule has 1 unspecified atom stereocenters. The Hall–Kier alpha value is -3.70. The van der Waals surface area contributed by atoms with E-state index in [-0.39, 0.29) is 23.4 Å². The van der Waals surface area contributed by atoms with Gasteiger partial charge < -0.3 is 10.1 Å². The lowest BCUT2D eigenvalue weighted by Gasteiger charge is -2.21. The van der Waals surface area contributed by atoms with Crippen LogP contribution in [0.2, 0.25) is 0 Å². The largest absolute Gasteiger partial charge is 0.383 e. The van der Waals surface area contributed by atoms with E-state index >= 15 is 0 Å². The van der Waals surface area contributed by atoms with Crippen molar-refractivity contribution in [2.24, 2.45) is 5.92 Å². The molecule has 1 atom stereocenters. The van der Waals surface area contributed by atoms with Crippen molar-refractivity contribution < 1.29 is 9.53 Å². The summed E-state index contributed by atoms with van der Waals surface area (Å²) in [5, 5.41) is 14.7. The first-order chi connectivity index (χ1) is 14.4. The molecule has 0 spiro atoms. The maximum absolute atomic E-state index is 12.8. The maximum Gasteiger partial charge on any atom is 0.280 e. The van der Waals surface area contributed by atoms with Crippen LogP contribution in [-0.2, 0) is 4.74 Å². The van der Waals surface area contributed by atoms with Crippen LogP contribution in [0.3, 0.4) is 0 Å². The fourth-order valence-corrected chi connectivity index (χ4v) is 2.96. The van der Waals surface area contributed by atoms with Crippen molar-refractivity contribution in [1.82, 2.24) is 20.1 Å². The molecule has 0 aliphatic rings. The van der Waals surface area contributed by atoms with Crippen molar-refractivity contribution in [3.05, 3.63) is 70.3 Å². The van der Waals surface area contributed by atoms with Crippen molar-refractivity contribution >= 4 is 5.91 Å². The molecule has 8 heteroatoms. The summed E-state index contributed by atoms with van der Waals surface area (Å²) in [6.07, 6.45) is 3.02. The summed E-state index contributed by atoms with van der Waals surface area (Å²) in [5.74, 6) is 0.343. The van der Waals surface area contributed by atoms with Gasteiger partial charge >= 0.3 is 0 Å². The van der Waals surface area contributed by atoms with Crippen LogP contribution in [0.1, 0.15) is 29.8 Å². The summed E-state index contributed by atoms with van der Waals surface area (Å²) in [6.45, 7) is 4.44. The molecule has 2 heterocycles. The van der Waals surface area contributed by atoms with Gasteiger partial charge in [-0.15, -0.1) is 0 Å². The van der Waals surface area contributed by atoms with Gasteiger partial charge in [0.15, 0.2) is 5.82 Å². The minimum absolute atomic E-state index is 0.108. The van der Waals surface area contributed by atoms with Crippen LogP contribution >= 0.6 is 0 Å². The third-order valence-electron chi connectivity index (χ3n) is 4.80. The number of ether oxygens (including phenoxy) is 1. The molecule has 0 radical (unpaired) electrons. The van der Waals surface area contributed by atoms with E-state index in [4.69, 9.17) is 10.00 Å². The summed E-state index contributed by atoms with van der Waals surface area (Å²) in [4.78, 5) is 29.5. The molecular formula is C22H23N5O3. The monoisotopic (exact) mass is 405 g/mol. The van der Waals surface area contributed by atoms with Crippen LogP contribution in [0.15, 0.2) is 53.6 Å². The number of pyridine rings is 1. The summed E-state index contributed by atoms with van der Waals surface area (Å²) in [7, 11) is 1.60. The normalized spacial score (nSPS) is 11.8. The lowest BCUT2D eigenvalue weighted by Crippen LogP contribution is -2.41. The fraction of sp³-hybridized carbons (Fsp3) is 0.273. The van der Waals surface area contributed by atoms with Gasteiger partial charge in [0.25, 0.3) is 11.5 Å². The number of rotatable bonds is 7. The predicted octanol–water partition coefficient (Wildman–Crippen LogP) is 2.50. The van der Waals surface area contributed by atoms with Crippen LogP contribution in [0, 0.1) is 17.2 Å². The van der Waals surface area contributed by atoms with Crippen LogP contribution in [0.25, 0.3) is 16.9 Å². The number of amides is 1. The molecule has 0 fully saturated rings. The Morgan fingerprint density at radius 3 is 2.57 bits per heavy atom. The SMILES string of the molecule is COCC(NC(=O)c1ccc(-n2[nH]cc(-c3ccc(C#N)cc3)c2=O)nc1)C(C)C. The minimum Gasteiger partial charge on any atom is -0.383 e. The topological polar surface area (TPSA) is 113 Å². The minimum atomic E-state index is -0.274. The third kappa shape index (κ3) is 4.47. The second kappa shape index (κ2) is 9.20. The molecule has 30 heavy (non-hydrogen) atoms. The highest BCUT2D eigenvalue weighted by Crippen LogP contribution is 2.16. The van der Waals surface area contributed by atoms with Gasteiger partial charge in [-0.05, 0) is 35.7 Å². The van der Waals surface area contributed by atoms with Gasteiger partial charge in [-0.1, -0.05) is 26.0 Å². The van der Waals surface area contributed by atoms with Gasteiger partial charge in [-0.25, -0.2) is 9.67 Å². The maximum atomic E-state index is 12.8. The van der Waals surface area contributed by atoms with Gasteiger partial charge in [-0.2, -0.15) is 5.26 Å². The summed E-state index contributed by atoms with van der Waals surface area (Å²) in [5.41, 5.74) is 1.80. The first-order valence-electron chi connectivity index (χ1n) is 9.51. The van der Waals surface area contributed by atoms with Gasteiger partial charge in [0.2, 0.25) is 0 Å². The second-order valence-corrected chi connectivity index (χ2v) is 7.20. The molecule has 0 aliphatic carbocycles. The molecule has 2 N–H and O–H groups in total. The van der Waals surface area contributed by atoms with E-state index in [9.17, 15) is 9.59 Å². The van der Waals surface area contributed by atoms with Crippen molar-refractivity contribution in [2.75, 3.05) is 13.7 Å². The van der Waals surface area contributed by atoms with Crippen molar-refractivity contribution in [3.63, 3.8) is 0 Å². The zero-order chi connectivity index (χ0) is 21.7. The third-order valence-corrected chi connectivity index (χ3v) is 4.80. The Kier molecular flexibility index (Phi) is 6.45. The molecule has 154 valence electrons. The number of methoxy groups -OCH3 is 1. The molecule has 0 aliphatic heterocycles. The Labute approximate surface area is 174 Å². The molecule has 1 amide bonds. The Morgan fingerprint density at radius 2 is 2.00 bits per heavy atom. The van der Waals surface area contributed by atoms with Crippen molar-refractivity contribution in [3.8, 4) is 23.0 Å². The van der Waals surface area contributed by atoms with Crippen molar-refractivity contribution in [2.45, 2.75) is 19.9 Å². The van der Waals surface area contributed by atoms with Crippen LogP contribution in [-0.4, -0.2) is 40.4 Å². The summed E-state index contributed by atoms with van der Waals surface area (Å²) >= 11 is 0. The number of hydrogen-bond donors (Lipinski definition) is 2. The number of carbonyl (C=O) groups is 1. The fourth-order valence-electron chi connectivity index (χ4n) is 2.96. The summed E-state index contributed by atoms with van der Waals surface area (Å²) < 4.78 is 6.46. The lowest BCUT2D eigenvalue weighted by molar-refractivity contribution is 0.0866. The highest BCUT2D eigenvalue weighted by molar-refractivity contribution is 5.94. The number of benzene rings is 1. The first-order valence-corrected chi connectivity index (χ1v) is 9.51. The Balaban J connectivity index is 1.80. The average molecular weight is 405 g/mol. The van der Waals surface area contributed by atoms with E-state index < -0.39 is 0 Å². The zero-order valence-electron chi connectivity index (χ0n) is 17.0. The van der Waals surface area contributed by atoms with Gasteiger partial charge in [0, 0.05) is 19.5 Å². The van der Waals surface area contributed by atoms with E-state index in [1.807, 2.05) is 19.9 Å². The number of hydrogen-bond acceptors (Lipinski definition) is 5. The van der Waals surface area contributed by atoms with Gasteiger partial charge in [0.1, 0.15) is 0 Å². The molecule has 3 aromatic rings. The molecule has 3 rings (SSSR count). The van der Waals surface area contributed by atoms with Gasteiger partial charge in [0.05, 0.1) is 35.4 Å². The van der Waals surface area contributed by atoms with E-state index in [1.165, 1.54) is 10.9 Å². The average Bonchev–Trinajstić information content (AvgIpc) is 3.14. The van der Waals surface area contributed by atoms with Crippen molar-refractivity contribution in [1.29, 1.82) is 5.26 Å². The number of nitrogens with one attached hydrogen (secondary N) is 2. The molecule has 0 saturated carbocycles. The van der Waals surface area contributed by atoms with E-state index in [2.05, 4.69) is 15.4 Å². The number of carbonyl (C=O) groups excluding carboxylic acids is 1. The summed E-state index contributed by atoms with van der Waals surface area (Å²) in [6, 6.07) is 11.9. The van der Waals surface area contributed by atoms with E-state index in [0.29, 0.717) is 34.7 Å². The van der Waals surface area contributed by atoms with E-state index in [0.717, 1.165) is 0 Å². The highest BCUT2D eigenvalue weighted by atomic mass is 16.5. The second-order valence-electron chi connectivity index (χ2n) is 7.20. The lowest BCUT2D eigenvalue weighted by atomic mass is 10.0. The number of H-pyrrole nitrogens is 1. The standard InChI is InChI=1S/C22H23N5O3/c1-14(2)19(13-30-3)26-21(28)17-8-9-20(24-11-17)27-22(29)18(12-25-27)16-6-4-15(10-23)5-7-16/h4-9,11-12,14,19,25H,13H2,1-3H3,(H,26,28). The molecule has 0 saturated heterocycles. The number of nitrogens with zero attached hydrogens (tertiary/aromatic N) is 3. The smallest absolute Gasteiger partial charge is 0.280 e. The molecule has 8 nitrogen and oxygen atoms in total. The highest BCUT2D eigenvalue weighted by Gasteiger charge is 2.18. The Morgan fingerprint density at radius 1 is 1.27 bits per heavy atom. The first kappa shape index (κ1) is 21.0. The molecule has 2 aromatic heterocycles. The molecular weight excluding hydrogens is 382 g/mol. The molecule has 0 bridgehead atoms. The number of nitriles is 1. The van der Waals surface area contributed by atoms with Gasteiger partial charge in [-0.3, -0.25) is 14.7 Å². The van der Waals surface area contributed by atoms with Crippen LogP contribution in [0.5, 0.6) is 0 Å². The van der Waals surface area contributed by atoms with Crippen LogP contribution in [0.4, 0.5) is 0 Å². The Bertz CT molecular complexity index is 1110. The quantitative estimate of drug-likeness (QED) is 0.627. The molecule has 1 aromatic carbocycles. The zero-order valence-corrected chi connectivity index (χ0v) is 17.0. The predicted molar refractivity (Wildman–Crippen MR) is 112 cm³/mol.